The zero-order valence-electron chi connectivity index (χ0n) is 10.5. The molecular weight excluding hydrogens is 247 g/mol. The third-order valence-electron chi connectivity index (χ3n) is 3.02. The van der Waals surface area contributed by atoms with Crippen LogP contribution in [-0.2, 0) is 6.42 Å². The zero-order chi connectivity index (χ0) is 13.1. The summed E-state index contributed by atoms with van der Waals surface area (Å²) in [5, 5.41) is 2.02. The lowest BCUT2D eigenvalue weighted by atomic mass is 9.96. The van der Waals surface area contributed by atoms with Crippen LogP contribution in [0.3, 0.4) is 0 Å². The summed E-state index contributed by atoms with van der Waals surface area (Å²) in [5.74, 6) is 5.40. The molecule has 18 heavy (non-hydrogen) atoms. The van der Waals surface area contributed by atoms with Gasteiger partial charge in [-0.15, -0.1) is 11.3 Å². The Labute approximate surface area is 111 Å². The molecule has 1 aromatic carbocycles. The third-order valence-corrected chi connectivity index (χ3v) is 3.91. The first-order chi connectivity index (χ1) is 8.61. The van der Waals surface area contributed by atoms with Gasteiger partial charge in [0.1, 0.15) is 5.82 Å². The average Bonchev–Trinajstić information content (AvgIpc) is 2.79. The Morgan fingerprint density at radius 2 is 2.17 bits per heavy atom. The fourth-order valence-electron chi connectivity index (χ4n) is 2.24. The molecule has 1 unspecified atom stereocenters. The van der Waals surface area contributed by atoms with Crippen molar-refractivity contribution < 1.29 is 4.39 Å². The molecule has 0 bridgehead atoms. The van der Waals surface area contributed by atoms with Crippen molar-refractivity contribution in [3.8, 4) is 0 Å². The molecule has 1 aromatic heterocycles. The van der Waals surface area contributed by atoms with E-state index in [1.165, 1.54) is 4.88 Å². The summed E-state index contributed by atoms with van der Waals surface area (Å²) in [7, 11) is 0. The summed E-state index contributed by atoms with van der Waals surface area (Å²) in [5.41, 5.74) is 5.26. The van der Waals surface area contributed by atoms with E-state index >= 15 is 0 Å². The van der Waals surface area contributed by atoms with Crippen LogP contribution in [0.25, 0.3) is 0 Å². The van der Waals surface area contributed by atoms with Gasteiger partial charge in [0.15, 0.2) is 0 Å². The van der Waals surface area contributed by atoms with Gasteiger partial charge in [0.2, 0.25) is 0 Å². The summed E-state index contributed by atoms with van der Waals surface area (Å²) < 4.78 is 14.1. The van der Waals surface area contributed by atoms with E-state index in [0.717, 1.165) is 11.1 Å². The van der Waals surface area contributed by atoms with Gasteiger partial charge in [-0.1, -0.05) is 12.1 Å². The minimum absolute atomic E-state index is 0.188. The van der Waals surface area contributed by atoms with Crippen LogP contribution < -0.4 is 11.3 Å². The number of benzene rings is 1. The number of hydrogen-bond acceptors (Lipinski definition) is 3. The minimum atomic E-state index is -0.191. The number of nitrogens with one attached hydrogen (secondary N) is 1. The quantitative estimate of drug-likeness (QED) is 0.657. The molecule has 2 rings (SSSR count). The van der Waals surface area contributed by atoms with Crippen LogP contribution in [0.1, 0.15) is 27.6 Å². The summed E-state index contributed by atoms with van der Waals surface area (Å²) in [6, 6.07) is 7.38. The number of hydrazine groups is 1. The van der Waals surface area contributed by atoms with Gasteiger partial charge in [0.25, 0.3) is 0 Å². The van der Waals surface area contributed by atoms with Gasteiger partial charge in [-0.05, 0) is 42.5 Å². The van der Waals surface area contributed by atoms with Crippen molar-refractivity contribution in [2.45, 2.75) is 26.3 Å². The standard InChI is InChI=1S/C14H17FN2S/c1-9-6-10(2)14(12(15)7-9)13(17-16)8-11-4-3-5-18-11/h3-7,13,17H,8,16H2,1-2H3. The lowest BCUT2D eigenvalue weighted by Gasteiger charge is -2.19. The number of thiophene rings is 1. The van der Waals surface area contributed by atoms with Gasteiger partial charge >= 0.3 is 0 Å². The molecule has 0 radical (unpaired) electrons. The molecule has 0 amide bonds. The van der Waals surface area contributed by atoms with Gasteiger partial charge < -0.3 is 0 Å². The second-order valence-electron chi connectivity index (χ2n) is 4.48. The predicted octanol–water partition coefficient (Wildman–Crippen LogP) is 3.25. The lowest BCUT2D eigenvalue weighted by molar-refractivity contribution is 0.509. The number of hydrogen-bond donors (Lipinski definition) is 2. The highest BCUT2D eigenvalue weighted by molar-refractivity contribution is 7.09. The van der Waals surface area contributed by atoms with E-state index < -0.39 is 0 Å². The van der Waals surface area contributed by atoms with Crippen LogP contribution in [0.2, 0.25) is 0 Å². The molecular formula is C14H17FN2S. The van der Waals surface area contributed by atoms with Crippen molar-refractivity contribution in [1.29, 1.82) is 0 Å². The van der Waals surface area contributed by atoms with Crippen molar-refractivity contribution in [1.82, 2.24) is 5.43 Å². The number of rotatable bonds is 4. The Morgan fingerprint density at radius 3 is 2.72 bits per heavy atom. The summed E-state index contributed by atoms with van der Waals surface area (Å²) in [6.45, 7) is 3.81. The Morgan fingerprint density at radius 1 is 1.39 bits per heavy atom. The SMILES string of the molecule is Cc1cc(C)c(C(Cc2cccs2)NN)c(F)c1. The van der Waals surface area contributed by atoms with E-state index in [1.54, 1.807) is 17.4 Å². The molecule has 1 atom stereocenters. The Hall–Kier alpha value is -1.23. The molecule has 2 aromatic rings. The van der Waals surface area contributed by atoms with Crippen LogP contribution in [0.4, 0.5) is 4.39 Å². The molecule has 0 saturated carbocycles. The van der Waals surface area contributed by atoms with Crippen molar-refractivity contribution in [2.75, 3.05) is 0 Å². The Kier molecular flexibility index (Phi) is 4.11. The molecule has 0 saturated heterocycles. The van der Waals surface area contributed by atoms with Crippen molar-refractivity contribution in [3.05, 3.63) is 57.0 Å². The second-order valence-corrected chi connectivity index (χ2v) is 5.51. The maximum atomic E-state index is 14.1. The number of nitrogens with two attached hydrogens (primary N) is 1. The van der Waals surface area contributed by atoms with Crippen molar-refractivity contribution in [3.63, 3.8) is 0 Å². The average molecular weight is 264 g/mol. The largest absolute Gasteiger partial charge is 0.271 e. The zero-order valence-corrected chi connectivity index (χ0v) is 11.4. The smallest absolute Gasteiger partial charge is 0.128 e. The highest BCUT2D eigenvalue weighted by atomic mass is 32.1. The molecule has 0 aliphatic rings. The normalized spacial score (nSPS) is 12.7. The summed E-state index contributed by atoms with van der Waals surface area (Å²) in [6.07, 6.45) is 0.703. The van der Waals surface area contributed by atoms with E-state index in [2.05, 4.69) is 5.43 Å². The van der Waals surface area contributed by atoms with Crippen LogP contribution in [0.15, 0.2) is 29.6 Å². The summed E-state index contributed by atoms with van der Waals surface area (Å²) >= 11 is 1.66. The number of aryl methyl sites for hydroxylation is 2. The maximum Gasteiger partial charge on any atom is 0.128 e. The third kappa shape index (κ3) is 2.77. The molecule has 0 fully saturated rings. The summed E-state index contributed by atoms with van der Waals surface area (Å²) in [4.78, 5) is 1.19. The molecule has 2 nitrogen and oxygen atoms in total. The lowest BCUT2D eigenvalue weighted by Crippen LogP contribution is -2.30. The molecule has 3 N–H and O–H groups in total. The Bertz CT molecular complexity index is 500. The van der Waals surface area contributed by atoms with E-state index in [0.29, 0.717) is 12.0 Å². The first-order valence-corrected chi connectivity index (χ1v) is 6.75. The molecule has 0 spiro atoms. The van der Waals surface area contributed by atoms with E-state index in [4.69, 9.17) is 5.84 Å². The van der Waals surface area contributed by atoms with Gasteiger partial charge in [-0.3, -0.25) is 11.3 Å². The Balaban J connectivity index is 2.33. The number of halogens is 1. The minimum Gasteiger partial charge on any atom is -0.271 e. The van der Waals surface area contributed by atoms with Crippen LogP contribution in [-0.4, -0.2) is 0 Å². The van der Waals surface area contributed by atoms with Gasteiger partial charge in [0, 0.05) is 16.9 Å². The van der Waals surface area contributed by atoms with E-state index in [1.807, 2.05) is 37.4 Å². The first-order valence-electron chi connectivity index (χ1n) is 5.87. The van der Waals surface area contributed by atoms with Gasteiger partial charge in [-0.25, -0.2) is 4.39 Å². The fourth-order valence-corrected chi connectivity index (χ4v) is 2.99. The maximum absolute atomic E-state index is 14.1. The van der Waals surface area contributed by atoms with Crippen LogP contribution >= 0.6 is 11.3 Å². The highest BCUT2D eigenvalue weighted by Crippen LogP contribution is 2.26. The molecule has 4 heteroatoms. The van der Waals surface area contributed by atoms with Crippen molar-refractivity contribution in [2.24, 2.45) is 5.84 Å². The second kappa shape index (κ2) is 5.61. The fraction of sp³-hybridized carbons (Fsp3) is 0.286. The van der Waals surface area contributed by atoms with Crippen LogP contribution in [0.5, 0.6) is 0 Å². The van der Waals surface area contributed by atoms with E-state index in [9.17, 15) is 4.39 Å². The monoisotopic (exact) mass is 264 g/mol. The highest BCUT2D eigenvalue weighted by Gasteiger charge is 2.18. The topological polar surface area (TPSA) is 38.0 Å². The molecule has 0 aliphatic carbocycles. The first kappa shape index (κ1) is 13.2. The molecule has 1 heterocycles. The van der Waals surface area contributed by atoms with Gasteiger partial charge in [0.05, 0.1) is 6.04 Å². The van der Waals surface area contributed by atoms with Gasteiger partial charge in [-0.2, -0.15) is 0 Å². The predicted molar refractivity (Wildman–Crippen MR) is 74.0 cm³/mol. The molecule has 0 aliphatic heterocycles. The van der Waals surface area contributed by atoms with E-state index in [-0.39, 0.29) is 11.9 Å². The molecule has 96 valence electrons. The van der Waals surface area contributed by atoms with Crippen LogP contribution in [0, 0.1) is 19.7 Å². The van der Waals surface area contributed by atoms with Crippen molar-refractivity contribution >= 4 is 11.3 Å².